The van der Waals surface area contributed by atoms with Gasteiger partial charge in [0.2, 0.25) is 5.82 Å². The third kappa shape index (κ3) is 4.52. The van der Waals surface area contributed by atoms with Crippen molar-refractivity contribution in [1.29, 1.82) is 0 Å². The molecule has 11 heteroatoms. The maximum absolute atomic E-state index is 14.8. The molecule has 0 bridgehead atoms. The van der Waals surface area contributed by atoms with Gasteiger partial charge in [0.1, 0.15) is 17.6 Å². The first-order chi connectivity index (χ1) is 14.9. The van der Waals surface area contributed by atoms with Crippen LogP contribution in [0.3, 0.4) is 0 Å². The van der Waals surface area contributed by atoms with E-state index in [1.54, 1.807) is 30.5 Å². The molecule has 0 spiro atoms. The molecule has 1 atom stereocenters. The topological polar surface area (TPSA) is 115 Å². The average Bonchev–Trinajstić information content (AvgIpc) is 3.39. The van der Waals surface area contributed by atoms with Crippen LogP contribution >= 0.6 is 0 Å². The Labute approximate surface area is 178 Å². The van der Waals surface area contributed by atoms with Crippen LogP contribution < -0.4 is 10.6 Å². The summed E-state index contributed by atoms with van der Waals surface area (Å²) in [7, 11) is 3.94. The number of carbonyl (C=O) groups excluding carboxylic acids is 1. The summed E-state index contributed by atoms with van der Waals surface area (Å²) in [6, 6.07) is 8.06. The van der Waals surface area contributed by atoms with Crippen LogP contribution in [0.15, 0.2) is 36.5 Å². The summed E-state index contributed by atoms with van der Waals surface area (Å²) < 4.78 is 19.9. The van der Waals surface area contributed by atoms with Crippen LogP contribution in [0.1, 0.15) is 0 Å². The lowest BCUT2D eigenvalue weighted by Gasteiger charge is -2.14. The number of halogens is 1. The minimum Gasteiger partial charge on any atom is -0.443 e. The summed E-state index contributed by atoms with van der Waals surface area (Å²) in [4.78, 5) is 21.2. The summed E-state index contributed by atoms with van der Waals surface area (Å²) >= 11 is 0. The van der Waals surface area contributed by atoms with Gasteiger partial charge in [-0.3, -0.25) is 9.88 Å². The molecule has 0 radical (unpaired) electrons. The van der Waals surface area contributed by atoms with E-state index in [2.05, 4.69) is 20.4 Å². The van der Waals surface area contributed by atoms with Crippen molar-refractivity contribution in [2.45, 2.75) is 12.6 Å². The Morgan fingerprint density at radius 2 is 2.13 bits per heavy atom. The Kier molecular flexibility index (Phi) is 5.87. The molecule has 10 nitrogen and oxygen atoms in total. The van der Waals surface area contributed by atoms with Crippen LogP contribution in [0.25, 0.3) is 22.6 Å². The molecular weight excluding hydrogens is 403 g/mol. The number of benzene rings is 1. The molecule has 3 heterocycles. The zero-order chi connectivity index (χ0) is 22.0. The molecule has 1 saturated heterocycles. The average molecular weight is 426 g/mol. The van der Waals surface area contributed by atoms with E-state index in [4.69, 9.17) is 10.5 Å². The van der Waals surface area contributed by atoms with Crippen molar-refractivity contribution in [3.8, 4) is 22.6 Å². The Bertz CT molecular complexity index is 1070. The molecule has 162 valence electrons. The Balaban J connectivity index is 1.50. The number of hydrogen-bond acceptors (Lipinski definition) is 8. The summed E-state index contributed by atoms with van der Waals surface area (Å²) in [5.41, 5.74) is 7.48. The lowest BCUT2D eigenvalue weighted by molar-refractivity contribution is 0.145. The number of carbonyl (C=O) groups is 1. The fourth-order valence-corrected chi connectivity index (χ4v) is 3.18. The highest BCUT2D eigenvalue weighted by molar-refractivity contribution is 5.90. The first-order valence-corrected chi connectivity index (χ1v) is 9.81. The summed E-state index contributed by atoms with van der Waals surface area (Å²) in [6.07, 6.45) is 0.642. The van der Waals surface area contributed by atoms with E-state index in [1.807, 2.05) is 19.0 Å². The monoisotopic (exact) mass is 426 g/mol. The van der Waals surface area contributed by atoms with Crippen LogP contribution in [0.2, 0.25) is 0 Å². The van der Waals surface area contributed by atoms with Crippen LogP contribution in [0, 0.1) is 5.82 Å². The molecule has 31 heavy (non-hydrogen) atoms. The normalized spacial score (nSPS) is 16.2. The van der Waals surface area contributed by atoms with Crippen LogP contribution in [0.4, 0.5) is 14.9 Å². The third-order valence-corrected chi connectivity index (χ3v) is 4.90. The van der Waals surface area contributed by atoms with E-state index in [0.717, 1.165) is 6.54 Å². The van der Waals surface area contributed by atoms with Gasteiger partial charge < -0.3 is 15.4 Å². The predicted octanol–water partition coefficient (Wildman–Crippen LogP) is 1.39. The third-order valence-electron chi connectivity index (χ3n) is 4.90. The van der Waals surface area contributed by atoms with E-state index < -0.39 is 11.9 Å². The van der Waals surface area contributed by atoms with Gasteiger partial charge in [-0.1, -0.05) is 6.07 Å². The zero-order valence-electron chi connectivity index (χ0n) is 17.3. The second kappa shape index (κ2) is 8.74. The molecule has 0 saturated carbocycles. The van der Waals surface area contributed by atoms with Gasteiger partial charge in [0.15, 0.2) is 0 Å². The van der Waals surface area contributed by atoms with Crippen molar-refractivity contribution in [1.82, 2.24) is 30.1 Å². The number of tetrazole rings is 1. The first-order valence-electron chi connectivity index (χ1n) is 9.81. The summed E-state index contributed by atoms with van der Waals surface area (Å²) in [5, 5.41) is 12.4. The Hall–Kier alpha value is -3.44. The van der Waals surface area contributed by atoms with Crippen molar-refractivity contribution >= 4 is 11.8 Å². The minimum atomic E-state index is -0.528. The number of aromatic nitrogens is 5. The number of likely N-dealkylation sites (N-methyl/N-ethyl adjacent to an activating group) is 1. The molecule has 1 aromatic carbocycles. The van der Waals surface area contributed by atoms with Gasteiger partial charge in [0, 0.05) is 30.4 Å². The molecule has 1 amide bonds. The van der Waals surface area contributed by atoms with Gasteiger partial charge in [0.25, 0.3) is 0 Å². The largest absolute Gasteiger partial charge is 0.443 e. The number of nitrogens with zero attached hydrogens (tertiary/aromatic N) is 7. The van der Waals surface area contributed by atoms with Crippen molar-refractivity contribution in [2.75, 3.05) is 38.6 Å². The summed E-state index contributed by atoms with van der Waals surface area (Å²) in [6.45, 7) is 1.93. The lowest BCUT2D eigenvalue weighted by Crippen LogP contribution is -2.27. The molecule has 1 unspecified atom stereocenters. The number of rotatable bonds is 7. The van der Waals surface area contributed by atoms with Gasteiger partial charge >= 0.3 is 6.09 Å². The molecule has 2 aromatic heterocycles. The van der Waals surface area contributed by atoms with Gasteiger partial charge in [0.05, 0.1) is 18.8 Å². The first kappa shape index (κ1) is 20.8. The number of ether oxygens (including phenoxy) is 1. The number of anilines is 1. The van der Waals surface area contributed by atoms with Crippen molar-refractivity contribution in [2.24, 2.45) is 5.73 Å². The van der Waals surface area contributed by atoms with E-state index in [0.29, 0.717) is 41.4 Å². The van der Waals surface area contributed by atoms with Gasteiger partial charge in [-0.25, -0.2) is 9.18 Å². The minimum absolute atomic E-state index is 0.221. The van der Waals surface area contributed by atoms with Crippen LogP contribution in [-0.4, -0.2) is 76.0 Å². The zero-order valence-corrected chi connectivity index (χ0v) is 17.3. The highest BCUT2D eigenvalue weighted by Crippen LogP contribution is 2.29. The van der Waals surface area contributed by atoms with E-state index >= 15 is 0 Å². The molecule has 0 aliphatic carbocycles. The number of nitrogens with two attached hydrogens (primary N) is 1. The molecule has 2 N–H and O–H groups in total. The number of hydrogen-bond donors (Lipinski definition) is 1. The Morgan fingerprint density at radius 1 is 1.29 bits per heavy atom. The maximum atomic E-state index is 14.8. The van der Waals surface area contributed by atoms with Crippen molar-refractivity contribution in [3.05, 3.63) is 42.3 Å². The lowest BCUT2D eigenvalue weighted by atomic mass is 10.1. The highest BCUT2D eigenvalue weighted by Gasteiger charge is 2.31. The van der Waals surface area contributed by atoms with E-state index in [1.165, 1.54) is 15.8 Å². The standard InChI is InChI=1S/C20H23FN8O2/c1-27(2)7-8-29-25-19(24-26-29)18-6-3-13(11-23-18)16-5-4-14(9-17(16)21)28-12-15(10-22)31-20(28)30/h3-6,9,11,15H,7-8,10,12,22H2,1-2H3. The quantitative estimate of drug-likeness (QED) is 0.603. The fourth-order valence-electron chi connectivity index (χ4n) is 3.18. The number of pyridine rings is 1. The second-order valence-corrected chi connectivity index (χ2v) is 7.46. The molecule has 4 rings (SSSR count). The van der Waals surface area contributed by atoms with Crippen LogP contribution in [0.5, 0.6) is 0 Å². The van der Waals surface area contributed by atoms with Gasteiger partial charge in [-0.05, 0) is 43.6 Å². The van der Waals surface area contributed by atoms with Crippen molar-refractivity contribution in [3.63, 3.8) is 0 Å². The molecule has 3 aromatic rings. The highest BCUT2D eigenvalue weighted by atomic mass is 19.1. The number of cyclic esters (lactones) is 1. The van der Waals surface area contributed by atoms with E-state index in [-0.39, 0.29) is 12.6 Å². The number of amides is 1. The smallest absolute Gasteiger partial charge is 0.414 e. The second-order valence-electron chi connectivity index (χ2n) is 7.46. The fraction of sp³-hybridized carbons (Fsp3) is 0.350. The van der Waals surface area contributed by atoms with Gasteiger partial charge in [-0.15, -0.1) is 10.2 Å². The maximum Gasteiger partial charge on any atom is 0.414 e. The van der Waals surface area contributed by atoms with Crippen molar-refractivity contribution < 1.29 is 13.9 Å². The van der Waals surface area contributed by atoms with E-state index in [9.17, 15) is 9.18 Å². The van der Waals surface area contributed by atoms with Crippen LogP contribution in [-0.2, 0) is 11.3 Å². The predicted molar refractivity (Wildman–Crippen MR) is 112 cm³/mol. The molecular formula is C20H23FN8O2. The molecule has 1 aliphatic rings. The molecule has 1 aliphatic heterocycles. The van der Waals surface area contributed by atoms with Gasteiger partial charge in [-0.2, -0.15) is 4.80 Å². The molecule has 1 fully saturated rings. The summed E-state index contributed by atoms with van der Waals surface area (Å²) in [5.74, 6) is -0.0630. The Morgan fingerprint density at radius 3 is 2.77 bits per heavy atom. The SMILES string of the molecule is CN(C)CCn1nnc(-c2ccc(-c3ccc(N4CC(CN)OC4=O)cc3F)cn2)n1.